The monoisotopic (exact) mass is 428 g/mol. The highest BCUT2D eigenvalue weighted by Crippen LogP contribution is 2.28. The smallest absolute Gasteiger partial charge is 0.240 e. The van der Waals surface area contributed by atoms with E-state index in [1.54, 1.807) is 22.9 Å². The fourth-order valence-corrected chi connectivity index (χ4v) is 5.73. The number of carbonyl (C=O) groups excluding carboxylic acids is 1. The maximum atomic E-state index is 13.2. The average molecular weight is 429 g/mol. The average Bonchev–Trinajstić information content (AvgIpc) is 3.10. The third-order valence-electron chi connectivity index (χ3n) is 5.64. The lowest BCUT2D eigenvalue weighted by Gasteiger charge is -2.22. The van der Waals surface area contributed by atoms with Gasteiger partial charge in [-0.25, -0.2) is 12.8 Å². The molecule has 1 aliphatic carbocycles. The molecule has 1 fully saturated rings. The Kier molecular flexibility index (Phi) is 5.90. The first kappa shape index (κ1) is 20.6. The largest absolute Gasteiger partial charge is 0.352 e. The molecule has 3 aromatic rings. The van der Waals surface area contributed by atoms with Gasteiger partial charge < -0.3 is 9.88 Å². The quantitative estimate of drug-likeness (QED) is 0.640. The molecule has 1 aliphatic rings. The van der Waals surface area contributed by atoms with Crippen molar-refractivity contribution in [1.82, 2.24) is 9.88 Å². The Labute approximate surface area is 175 Å². The van der Waals surface area contributed by atoms with E-state index in [9.17, 15) is 17.6 Å². The predicted octanol–water partition coefficient (Wildman–Crippen LogP) is 4.20. The number of para-hydroxylation sites is 1. The summed E-state index contributed by atoms with van der Waals surface area (Å²) < 4.78 is 41.1. The van der Waals surface area contributed by atoms with Gasteiger partial charge in [-0.05, 0) is 36.6 Å². The number of hydrogen-bond acceptors (Lipinski definition) is 3. The number of nitrogens with one attached hydrogen (secondary N) is 1. The molecule has 1 aromatic heterocycles. The van der Waals surface area contributed by atoms with E-state index in [4.69, 9.17) is 0 Å². The first-order chi connectivity index (χ1) is 14.4. The molecule has 158 valence electrons. The van der Waals surface area contributed by atoms with Crippen LogP contribution < -0.4 is 5.32 Å². The van der Waals surface area contributed by atoms with E-state index in [1.165, 1.54) is 30.7 Å². The van der Waals surface area contributed by atoms with E-state index in [0.29, 0.717) is 16.5 Å². The Morgan fingerprint density at radius 1 is 1.03 bits per heavy atom. The molecular weight excluding hydrogens is 403 g/mol. The van der Waals surface area contributed by atoms with Crippen molar-refractivity contribution in [3.63, 3.8) is 0 Å². The second-order valence-corrected chi connectivity index (χ2v) is 9.88. The highest BCUT2D eigenvalue weighted by molar-refractivity contribution is 7.90. The molecule has 30 heavy (non-hydrogen) atoms. The molecule has 1 amide bonds. The second-order valence-electron chi connectivity index (χ2n) is 7.93. The number of rotatable bonds is 6. The van der Waals surface area contributed by atoms with Gasteiger partial charge in [0.1, 0.15) is 12.4 Å². The van der Waals surface area contributed by atoms with Gasteiger partial charge in [-0.1, -0.05) is 49.6 Å². The number of halogens is 1. The summed E-state index contributed by atoms with van der Waals surface area (Å²) in [5.41, 5.74) is 1.22. The van der Waals surface area contributed by atoms with Crippen molar-refractivity contribution in [2.24, 2.45) is 0 Å². The number of carbonyl (C=O) groups is 1. The van der Waals surface area contributed by atoms with Crippen LogP contribution in [0.1, 0.15) is 37.7 Å². The van der Waals surface area contributed by atoms with E-state index in [-0.39, 0.29) is 29.1 Å². The minimum absolute atomic E-state index is 0.0725. The third-order valence-corrected chi connectivity index (χ3v) is 7.35. The zero-order valence-corrected chi connectivity index (χ0v) is 17.5. The van der Waals surface area contributed by atoms with Crippen molar-refractivity contribution in [2.45, 2.75) is 55.3 Å². The van der Waals surface area contributed by atoms with Crippen molar-refractivity contribution in [3.8, 4) is 0 Å². The Morgan fingerprint density at radius 2 is 1.73 bits per heavy atom. The summed E-state index contributed by atoms with van der Waals surface area (Å²) in [6, 6.07) is 12.8. The molecule has 0 spiro atoms. The number of amides is 1. The van der Waals surface area contributed by atoms with Crippen LogP contribution in [0.15, 0.2) is 59.6 Å². The first-order valence-electron chi connectivity index (χ1n) is 10.3. The van der Waals surface area contributed by atoms with Crippen LogP contribution in [-0.2, 0) is 26.9 Å². The fourth-order valence-electron chi connectivity index (χ4n) is 4.14. The van der Waals surface area contributed by atoms with Crippen LogP contribution in [-0.4, -0.2) is 24.9 Å². The third kappa shape index (κ3) is 4.56. The molecular formula is C23H25FN2O3S. The van der Waals surface area contributed by atoms with Crippen LogP contribution in [0.2, 0.25) is 0 Å². The summed E-state index contributed by atoms with van der Waals surface area (Å²) in [5, 5.41) is 3.67. The Morgan fingerprint density at radius 3 is 2.47 bits per heavy atom. The van der Waals surface area contributed by atoms with Gasteiger partial charge >= 0.3 is 0 Å². The van der Waals surface area contributed by atoms with Gasteiger partial charge in [0.05, 0.1) is 10.6 Å². The van der Waals surface area contributed by atoms with Crippen molar-refractivity contribution in [3.05, 3.63) is 66.1 Å². The molecule has 0 unspecified atom stereocenters. The first-order valence-corrected chi connectivity index (χ1v) is 11.9. The predicted molar refractivity (Wildman–Crippen MR) is 114 cm³/mol. The zero-order chi connectivity index (χ0) is 21.1. The van der Waals surface area contributed by atoms with Gasteiger partial charge in [0.15, 0.2) is 9.84 Å². The molecule has 5 nitrogen and oxygen atoms in total. The Bertz CT molecular complexity index is 1150. The van der Waals surface area contributed by atoms with E-state index in [0.717, 1.165) is 25.7 Å². The molecule has 0 saturated heterocycles. The Balaban J connectivity index is 1.60. The minimum Gasteiger partial charge on any atom is -0.352 e. The SMILES string of the molecule is O=C(Cn1cc(S(=O)(=O)Cc2ccc(F)cc2)c2ccccc21)NC1CCCCC1. The van der Waals surface area contributed by atoms with Crippen LogP contribution in [0.25, 0.3) is 10.9 Å². The minimum atomic E-state index is -3.67. The molecule has 1 N–H and O–H groups in total. The summed E-state index contributed by atoms with van der Waals surface area (Å²) in [6.07, 6.45) is 7.01. The standard InChI is InChI=1S/C23H25FN2O3S/c24-18-12-10-17(11-13-18)16-30(28,29)22-14-26(21-9-5-4-8-20(21)22)15-23(27)25-19-6-2-1-3-7-19/h4-5,8-14,19H,1-3,6-7,15-16H2,(H,25,27). The van der Waals surface area contributed by atoms with Gasteiger partial charge in [-0.2, -0.15) is 0 Å². The summed E-state index contributed by atoms with van der Waals surface area (Å²) in [4.78, 5) is 12.8. The van der Waals surface area contributed by atoms with Gasteiger partial charge in [0.2, 0.25) is 5.91 Å². The molecule has 0 radical (unpaired) electrons. The number of nitrogens with zero attached hydrogens (tertiary/aromatic N) is 1. The lowest BCUT2D eigenvalue weighted by atomic mass is 9.95. The van der Waals surface area contributed by atoms with E-state index in [2.05, 4.69) is 5.32 Å². The van der Waals surface area contributed by atoms with Crippen LogP contribution in [0.5, 0.6) is 0 Å². The van der Waals surface area contributed by atoms with E-state index < -0.39 is 15.7 Å². The maximum Gasteiger partial charge on any atom is 0.240 e. The molecule has 1 saturated carbocycles. The molecule has 4 rings (SSSR count). The van der Waals surface area contributed by atoms with Gasteiger partial charge in [-0.15, -0.1) is 0 Å². The summed E-state index contributed by atoms with van der Waals surface area (Å²) >= 11 is 0. The van der Waals surface area contributed by atoms with Crippen molar-refractivity contribution in [1.29, 1.82) is 0 Å². The van der Waals surface area contributed by atoms with Gasteiger partial charge in [-0.3, -0.25) is 4.79 Å². The fraction of sp³-hybridized carbons (Fsp3) is 0.348. The topological polar surface area (TPSA) is 68.2 Å². The number of benzene rings is 2. The van der Waals surface area contributed by atoms with Crippen LogP contribution >= 0.6 is 0 Å². The number of fused-ring (bicyclic) bond motifs is 1. The molecule has 7 heteroatoms. The lowest BCUT2D eigenvalue weighted by molar-refractivity contribution is -0.122. The highest BCUT2D eigenvalue weighted by atomic mass is 32.2. The van der Waals surface area contributed by atoms with Gasteiger partial charge in [0, 0.05) is 23.1 Å². The van der Waals surface area contributed by atoms with Crippen LogP contribution in [0, 0.1) is 5.82 Å². The van der Waals surface area contributed by atoms with Crippen molar-refractivity contribution < 1.29 is 17.6 Å². The molecule has 0 aliphatic heterocycles. The lowest BCUT2D eigenvalue weighted by Crippen LogP contribution is -2.38. The normalized spacial score (nSPS) is 15.4. The maximum absolute atomic E-state index is 13.2. The number of hydrogen-bond donors (Lipinski definition) is 1. The summed E-state index contributed by atoms with van der Waals surface area (Å²) in [5.74, 6) is -0.739. The Hall–Kier alpha value is -2.67. The van der Waals surface area contributed by atoms with E-state index in [1.807, 2.05) is 12.1 Å². The number of sulfone groups is 1. The molecule has 2 aromatic carbocycles. The van der Waals surface area contributed by atoms with Gasteiger partial charge in [0.25, 0.3) is 0 Å². The van der Waals surface area contributed by atoms with Crippen molar-refractivity contribution in [2.75, 3.05) is 0 Å². The second kappa shape index (κ2) is 8.60. The summed E-state index contributed by atoms with van der Waals surface area (Å²) in [7, 11) is -3.67. The molecule has 0 bridgehead atoms. The van der Waals surface area contributed by atoms with Crippen LogP contribution in [0.3, 0.4) is 0 Å². The molecule has 0 atom stereocenters. The number of aromatic nitrogens is 1. The van der Waals surface area contributed by atoms with E-state index >= 15 is 0 Å². The zero-order valence-electron chi connectivity index (χ0n) is 16.7. The molecule has 1 heterocycles. The van der Waals surface area contributed by atoms with Crippen molar-refractivity contribution >= 4 is 26.6 Å². The highest BCUT2D eigenvalue weighted by Gasteiger charge is 2.23. The summed E-state index contributed by atoms with van der Waals surface area (Å²) in [6.45, 7) is 0.0725. The van der Waals surface area contributed by atoms with Crippen LogP contribution in [0.4, 0.5) is 4.39 Å².